The molecule has 0 saturated heterocycles. The summed E-state index contributed by atoms with van der Waals surface area (Å²) in [6.07, 6.45) is 14.7. The van der Waals surface area contributed by atoms with Gasteiger partial charge in [0.25, 0.3) is 5.91 Å². The molecule has 0 radical (unpaired) electrons. The van der Waals surface area contributed by atoms with Crippen LogP contribution in [0.5, 0.6) is 0 Å². The molecule has 0 bridgehead atoms. The number of terminal acetylenes is 1. The Labute approximate surface area is 227 Å². The molecule has 0 aromatic heterocycles. The number of hydrogen-bond acceptors (Lipinski definition) is 4. The number of fused-ring (bicyclic) bond motifs is 7. The third-order valence-electron chi connectivity index (χ3n) is 12.1. The molecule has 0 aromatic rings. The largest absolute Gasteiger partial charge is 0.342 e. The van der Waals surface area contributed by atoms with Crippen LogP contribution in [-0.4, -0.2) is 23.5 Å². The second-order valence-corrected chi connectivity index (χ2v) is 14.9. The average molecular weight is 515 g/mol. The Hall–Kier alpha value is -2.66. The van der Waals surface area contributed by atoms with E-state index in [-0.39, 0.29) is 69.0 Å². The number of hydrogen-bond donors (Lipinski definition) is 1. The molecule has 1 amide bonds. The van der Waals surface area contributed by atoms with Crippen molar-refractivity contribution in [1.82, 2.24) is 5.32 Å². The topological polar surface area (TPSA) is 87.0 Å². The van der Waals surface area contributed by atoms with Gasteiger partial charge in [-0.3, -0.25) is 14.4 Å². The van der Waals surface area contributed by atoms with Gasteiger partial charge in [-0.05, 0) is 84.5 Å². The fourth-order valence-corrected chi connectivity index (χ4v) is 10.3. The lowest BCUT2D eigenvalue weighted by Crippen LogP contribution is -2.65. The zero-order valence-electron chi connectivity index (χ0n) is 24.0. The van der Waals surface area contributed by atoms with E-state index in [1.807, 2.05) is 26.0 Å². The second kappa shape index (κ2) is 8.17. The Morgan fingerprint density at radius 1 is 1.03 bits per heavy atom. The van der Waals surface area contributed by atoms with Gasteiger partial charge in [0, 0.05) is 22.8 Å². The first kappa shape index (κ1) is 26.9. The van der Waals surface area contributed by atoms with Crippen molar-refractivity contribution in [3.8, 4) is 18.4 Å². The molecule has 0 heterocycles. The Balaban J connectivity index is 1.63. The van der Waals surface area contributed by atoms with Crippen LogP contribution in [0.4, 0.5) is 0 Å². The quantitative estimate of drug-likeness (QED) is 0.464. The average Bonchev–Trinajstić information content (AvgIpc) is 2.82. The molecular formula is C33H42N2O3. The summed E-state index contributed by atoms with van der Waals surface area (Å²) in [5, 5.41) is 13.0. The van der Waals surface area contributed by atoms with Crippen molar-refractivity contribution in [3.63, 3.8) is 0 Å². The van der Waals surface area contributed by atoms with Gasteiger partial charge in [0.2, 0.25) is 0 Å². The monoisotopic (exact) mass is 514 g/mol. The van der Waals surface area contributed by atoms with E-state index in [0.29, 0.717) is 0 Å². The first-order valence-electron chi connectivity index (χ1n) is 14.3. The van der Waals surface area contributed by atoms with Crippen molar-refractivity contribution in [3.05, 3.63) is 23.3 Å². The summed E-state index contributed by atoms with van der Waals surface area (Å²) in [6.45, 7) is 15.2. The number of nitriles is 1. The molecule has 5 aliphatic rings. The standard InChI is InChI=1S/C33H42N2O3/c1-9-26(37)35-22-17-29(2,3)16-21-20(22)10-12-33(8)27(21)23(36)14-25-31(6)15-19(18-34)28(38)30(4,5)24(31)11-13-32(25,33)7/h1,14-15,20-22,24,27H,10-13,16-17H2,2-8H3,(H,35,37)/t20-,21-,22+,24-,27-,31-,32+,33+/m0/s1. The van der Waals surface area contributed by atoms with Crippen molar-refractivity contribution in [2.24, 2.45) is 50.7 Å². The van der Waals surface area contributed by atoms with Crippen LogP contribution in [0.25, 0.3) is 0 Å². The fraction of sp³-hybridized carbons (Fsp3) is 0.697. The van der Waals surface area contributed by atoms with Crippen molar-refractivity contribution in [2.45, 2.75) is 93.0 Å². The van der Waals surface area contributed by atoms with Crippen LogP contribution >= 0.6 is 0 Å². The first-order valence-corrected chi connectivity index (χ1v) is 14.3. The summed E-state index contributed by atoms with van der Waals surface area (Å²) in [6, 6.07) is 2.15. The van der Waals surface area contributed by atoms with Gasteiger partial charge in [0.15, 0.2) is 11.6 Å². The molecule has 5 rings (SSSR count). The smallest absolute Gasteiger partial charge is 0.295 e. The van der Waals surface area contributed by atoms with E-state index in [4.69, 9.17) is 6.42 Å². The van der Waals surface area contributed by atoms with E-state index in [2.05, 4.69) is 51.9 Å². The van der Waals surface area contributed by atoms with E-state index in [0.717, 1.165) is 44.1 Å². The van der Waals surface area contributed by atoms with Crippen molar-refractivity contribution in [1.29, 1.82) is 5.26 Å². The molecule has 8 atom stereocenters. The predicted molar refractivity (Wildman–Crippen MR) is 146 cm³/mol. The first-order chi connectivity index (χ1) is 17.6. The van der Waals surface area contributed by atoms with Gasteiger partial charge in [0.05, 0.1) is 5.57 Å². The number of rotatable bonds is 1. The molecule has 38 heavy (non-hydrogen) atoms. The highest BCUT2D eigenvalue weighted by Gasteiger charge is 2.68. The van der Waals surface area contributed by atoms with Gasteiger partial charge < -0.3 is 5.32 Å². The predicted octanol–water partition coefficient (Wildman–Crippen LogP) is 5.56. The van der Waals surface area contributed by atoms with Crippen molar-refractivity contribution >= 4 is 17.5 Å². The van der Waals surface area contributed by atoms with E-state index in [9.17, 15) is 19.6 Å². The molecule has 0 aromatic carbocycles. The Morgan fingerprint density at radius 2 is 1.71 bits per heavy atom. The van der Waals surface area contributed by atoms with Gasteiger partial charge >= 0.3 is 0 Å². The van der Waals surface area contributed by atoms with E-state index < -0.39 is 10.8 Å². The van der Waals surface area contributed by atoms with Gasteiger partial charge in [0.1, 0.15) is 6.07 Å². The summed E-state index contributed by atoms with van der Waals surface area (Å²) in [5.41, 5.74) is -0.333. The molecule has 1 N–H and O–H groups in total. The normalized spacial score (nSPS) is 44.5. The molecule has 5 aliphatic carbocycles. The van der Waals surface area contributed by atoms with Gasteiger partial charge in [-0.25, -0.2) is 0 Å². The third-order valence-corrected chi connectivity index (χ3v) is 12.1. The Morgan fingerprint density at radius 3 is 2.34 bits per heavy atom. The molecular weight excluding hydrogens is 472 g/mol. The molecule has 0 spiro atoms. The molecule has 5 nitrogen and oxygen atoms in total. The molecule has 3 saturated carbocycles. The zero-order chi connectivity index (χ0) is 28.1. The molecule has 0 unspecified atom stereocenters. The minimum absolute atomic E-state index is 0.0149. The van der Waals surface area contributed by atoms with E-state index in [1.165, 1.54) is 0 Å². The lowest BCUT2D eigenvalue weighted by Gasteiger charge is -2.68. The number of carbonyl (C=O) groups excluding carboxylic acids is 3. The van der Waals surface area contributed by atoms with Crippen LogP contribution < -0.4 is 5.32 Å². The molecule has 0 aliphatic heterocycles. The highest BCUT2D eigenvalue weighted by atomic mass is 16.1. The minimum atomic E-state index is -0.662. The maximum Gasteiger partial charge on any atom is 0.295 e. The number of nitrogens with one attached hydrogen (secondary N) is 1. The maximum absolute atomic E-state index is 14.3. The SMILES string of the molecule is C#CC(=O)N[C@@H]1CC(C)(C)C[C@H]2[C@@H]1CC[C@]1(C)[C@@H]2C(=O)C=C2[C@@]3(C)C=C(C#N)C(=O)C(C)(C)[C@@H]3CC[C@]21C. The Kier molecular flexibility index (Phi) is 5.79. The fourth-order valence-electron chi connectivity index (χ4n) is 10.3. The van der Waals surface area contributed by atoms with Crippen LogP contribution in [0.15, 0.2) is 23.3 Å². The number of nitrogens with zero attached hydrogens (tertiary/aromatic N) is 1. The number of Topliss-reactive ketones (excluding diaryl/α,β-unsaturated/α-hetero) is 1. The summed E-state index contributed by atoms with van der Waals surface area (Å²) in [7, 11) is 0. The number of allylic oxidation sites excluding steroid dienone is 4. The molecule has 202 valence electrons. The number of carbonyl (C=O) groups is 3. The van der Waals surface area contributed by atoms with Crippen LogP contribution in [-0.2, 0) is 14.4 Å². The van der Waals surface area contributed by atoms with Crippen LogP contribution in [0, 0.1) is 74.4 Å². The highest BCUT2D eigenvalue weighted by Crippen LogP contribution is 2.72. The summed E-state index contributed by atoms with van der Waals surface area (Å²) < 4.78 is 0. The van der Waals surface area contributed by atoms with Crippen molar-refractivity contribution < 1.29 is 14.4 Å². The van der Waals surface area contributed by atoms with Gasteiger partial charge in [-0.1, -0.05) is 60.1 Å². The van der Waals surface area contributed by atoms with Crippen LogP contribution in [0.3, 0.4) is 0 Å². The van der Waals surface area contributed by atoms with E-state index >= 15 is 0 Å². The highest BCUT2D eigenvalue weighted by molar-refractivity contribution is 6.04. The Bertz CT molecular complexity index is 1270. The van der Waals surface area contributed by atoms with Crippen molar-refractivity contribution in [2.75, 3.05) is 0 Å². The second-order valence-electron chi connectivity index (χ2n) is 14.9. The lowest BCUT2D eigenvalue weighted by atomic mass is 9.35. The van der Waals surface area contributed by atoms with Gasteiger partial charge in [-0.2, -0.15) is 5.26 Å². The molecule has 5 heteroatoms. The number of amides is 1. The lowest BCUT2D eigenvalue weighted by molar-refractivity contribution is -0.157. The van der Waals surface area contributed by atoms with Crippen LogP contribution in [0.2, 0.25) is 0 Å². The van der Waals surface area contributed by atoms with E-state index in [1.54, 1.807) is 0 Å². The maximum atomic E-state index is 14.3. The summed E-state index contributed by atoms with van der Waals surface area (Å²) in [4.78, 5) is 39.8. The zero-order valence-corrected chi connectivity index (χ0v) is 24.0. The molecule has 3 fully saturated rings. The minimum Gasteiger partial charge on any atom is -0.342 e. The number of ketones is 2. The van der Waals surface area contributed by atoms with Gasteiger partial charge in [-0.15, -0.1) is 6.42 Å². The van der Waals surface area contributed by atoms with Crippen LogP contribution in [0.1, 0.15) is 87.0 Å². The summed E-state index contributed by atoms with van der Waals surface area (Å²) >= 11 is 0. The third kappa shape index (κ3) is 3.40. The summed E-state index contributed by atoms with van der Waals surface area (Å²) in [5.74, 6) is 2.26.